The van der Waals surface area contributed by atoms with Gasteiger partial charge in [0.05, 0.1) is 25.0 Å². The quantitative estimate of drug-likeness (QED) is 0.766. The number of fused-ring (bicyclic) bond motifs is 1. The molecular weight excluding hydrogens is 360 g/mol. The van der Waals surface area contributed by atoms with Gasteiger partial charge in [0.15, 0.2) is 5.82 Å². The van der Waals surface area contributed by atoms with Crippen LogP contribution in [-0.2, 0) is 14.3 Å². The Morgan fingerprint density at radius 1 is 1.25 bits per heavy atom. The Morgan fingerprint density at radius 2 is 2.04 bits per heavy atom. The van der Waals surface area contributed by atoms with Crippen LogP contribution in [0.3, 0.4) is 0 Å². The smallest absolute Gasteiger partial charge is 0.337 e. The fraction of sp³-hybridized carbons (Fsp3) is 0.350. The second-order valence-electron chi connectivity index (χ2n) is 6.50. The van der Waals surface area contributed by atoms with Gasteiger partial charge in [-0.1, -0.05) is 6.07 Å². The van der Waals surface area contributed by atoms with Crippen molar-refractivity contribution in [2.45, 2.75) is 13.0 Å². The van der Waals surface area contributed by atoms with Gasteiger partial charge in [0.1, 0.15) is 11.9 Å². The number of carbonyl (C=O) groups is 2. The molecule has 148 valence electrons. The van der Waals surface area contributed by atoms with E-state index in [1.165, 1.54) is 7.11 Å². The maximum atomic E-state index is 12.5. The van der Waals surface area contributed by atoms with Crippen molar-refractivity contribution in [2.75, 3.05) is 49.5 Å². The van der Waals surface area contributed by atoms with E-state index in [9.17, 15) is 9.59 Å². The Morgan fingerprint density at radius 3 is 2.75 bits per heavy atom. The Hall–Kier alpha value is -3.13. The van der Waals surface area contributed by atoms with E-state index in [-0.39, 0.29) is 11.9 Å². The van der Waals surface area contributed by atoms with Crippen LogP contribution in [0.4, 0.5) is 23.0 Å². The third-order valence-corrected chi connectivity index (χ3v) is 4.74. The van der Waals surface area contributed by atoms with Crippen LogP contribution in [0.1, 0.15) is 17.3 Å². The van der Waals surface area contributed by atoms with E-state index in [0.717, 1.165) is 5.69 Å². The van der Waals surface area contributed by atoms with Gasteiger partial charge in [-0.2, -0.15) is 0 Å². The van der Waals surface area contributed by atoms with Crippen LogP contribution < -0.4 is 15.1 Å². The molecule has 1 aliphatic heterocycles. The minimum Gasteiger partial charge on any atom is -0.465 e. The highest BCUT2D eigenvalue weighted by molar-refractivity contribution is 6.04. The van der Waals surface area contributed by atoms with E-state index < -0.39 is 5.97 Å². The van der Waals surface area contributed by atoms with Crippen molar-refractivity contribution in [1.82, 2.24) is 4.98 Å². The van der Waals surface area contributed by atoms with Crippen LogP contribution in [0, 0.1) is 0 Å². The van der Waals surface area contributed by atoms with Crippen LogP contribution in [0.5, 0.6) is 0 Å². The minimum atomic E-state index is -0.401. The molecule has 1 amide bonds. The summed E-state index contributed by atoms with van der Waals surface area (Å²) in [6, 6.07) is 10.3. The molecule has 0 saturated heterocycles. The van der Waals surface area contributed by atoms with E-state index in [0.29, 0.717) is 36.0 Å². The lowest BCUT2D eigenvalue weighted by atomic mass is 10.1. The zero-order valence-corrected chi connectivity index (χ0v) is 16.4. The van der Waals surface area contributed by atoms with Gasteiger partial charge in [0, 0.05) is 26.4 Å². The molecular formula is C20H24N4O4. The molecule has 1 aromatic carbocycles. The number of pyridine rings is 1. The number of anilines is 4. The summed E-state index contributed by atoms with van der Waals surface area (Å²) in [5, 5.41) is 3.21. The van der Waals surface area contributed by atoms with Crippen LogP contribution in [0.25, 0.3) is 0 Å². The number of hydrogen-bond acceptors (Lipinski definition) is 7. The number of amides is 1. The Bertz CT molecular complexity index is 886. The summed E-state index contributed by atoms with van der Waals surface area (Å²) in [5.41, 5.74) is 1.91. The first-order valence-electron chi connectivity index (χ1n) is 8.96. The third kappa shape index (κ3) is 3.77. The number of rotatable bonds is 6. The Kier molecular flexibility index (Phi) is 5.79. The maximum Gasteiger partial charge on any atom is 0.337 e. The third-order valence-electron chi connectivity index (χ3n) is 4.74. The molecule has 1 N–H and O–H groups in total. The second-order valence-corrected chi connectivity index (χ2v) is 6.50. The number of esters is 1. The largest absolute Gasteiger partial charge is 0.465 e. The monoisotopic (exact) mass is 384 g/mol. The van der Waals surface area contributed by atoms with E-state index in [1.807, 2.05) is 24.0 Å². The molecule has 0 fully saturated rings. The van der Waals surface area contributed by atoms with Gasteiger partial charge in [-0.3, -0.25) is 4.79 Å². The van der Waals surface area contributed by atoms with Crippen molar-refractivity contribution in [3.05, 3.63) is 42.0 Å². The molecule has 0 bridgehead atoms. The maximum absolute atomic E-state index is 12.5. The Balaban J connectivity index is 1.92. The summed E-state index contributed by atoms with van der Waals surface area (Å²) in [7, 11) is 4.73. The summed E-state index contributed by atoms with van der Waals surface area (Å²) in [6.45, 7) is 2.90. The minimum absolute atomic E-state index is 0.0110. The highest BCUT2D eigenvalue weighted by Gasteiger charge is 2.34. The summed E-state index contributed by atoms with van der Waals surface area (Å²) in [4.78, 5) is 32.5. The van der Waals surface area contributed by atoms with Gasteiger partial charge in [0.25, 0.3) is 0 Å². The highest BCUT2D eigenvalue weighted by atomic mass is 16.5. The number of carbonyl (C=O) groups excluding carboxylic acids is 2. The molecule has 1 aromatic heterocycles. The average molecular weight is 384 g/mol. The predicted molar refractivity (Wildman–Crippen MR) is 107 cm³/mol. The van der Waals surface area contributed by atoms with E-state index in [1.54, 1.807) is 43.3 Å². The molecule has 0 spiro atoms. The van der Waals surface area contributed by atoms with Crippen LogP contribution in [-0.4, -0.2) is 57.3 Å². The van der Waals surface area contributed by atoms with Gasteiger partial charge in [-0.15, -0.1) is 0 Å². The molecule has 3 rings (SSSR count). The van der Waals surface area contributed by atoms with Crippen molar-refractivity contribution in [1.29, 1.82) is 0 Å². The molecule has 8 nitrogen and oxygen atoms in total. The zero-order chi connectivity index (χ0) is 20.3. The predicted octanol–water partition coefficient (Wildman–Crippen LogP) is 2.43. The molecule has 0 aliphatic carbocycles. The molecule has 0 unspecified atom stereocenters. The van der Waals surface area contributed by atoms with E-state index in [2.05, 4.69) is 5.32 Å². The molecule has 1 aliphatic rings. The van der Waals surface area contributed by atoms with Gasteiger partial charge in [-0.05, 0) is 37.3 Å². The number of hydrogen-bond donors (Lipinski definition) is 1. The first-order valence-corrected chi connectivity index (χ1v) is 8.96. The molecule has 1 atom stereocenters. The van der Waals surface area contributed by atoms with Crippen LogP contribution in [0.15, 0.2) is 36.4 Å². The Labute approximate surface area is 164 Å². The number of likely N-dealkylation sites (N-methyl/N-ethyl adjacent to an activating group) is 1. The van der Waals surface area contributed by atoms with Gasteiger partial charge < -0.3 is 24.6 Å². The summed E-state index contributed by atoms with van der Waals surface area (Å²) < 4.78 is 9.95. The fourth-order valence-electron chi connectivity index (χ4n) is 3.18. The zero-order valence-electron chi connectivity index (χ0n) is 16.4. The molecule has 0 radical (unpaired) electrons. The van der Waals surface area contributed by atoms with Gasteiger partial charge in [0.2, 0.25) is 5.91 Å². The summed E-state index contributed by atoms with van der Waals surface area (Å²) in [5.74, 6) is 0.928. The SMILES string of the molecule is COCCN1c2nc(Nc3cccc(C(=O)OC)c3)ccc2N(C)C(=O)[C@H]1C. The lowest BCUT2D eigenvalue weighted by Crippen LogP contribution is -2.52. The normalized spacial score (nSPS) is 16.0. The summed E-state index contributed by atoms with van der Waals surface area (Å²) >= 11 is 0. The van der Waals surface area contributed by atoms with Crippen molar-refractivity contribution in [2.24, 2.45) is 0 Å². The number of aromatic nitrogens is 1. The molecule has 8 heteroatoms. The van der Waals surface area contributed by atoms with Crippen LogP contribution >= 0.6 is 0 Å². The van der Waals surface area contributed by atoms with E-state index >= 15 is 0 Å². The first kappa shape index (κ1) is 19.6. The van der Waals surface area contributed by atoms with Crippen molar-refractivity contribution in [3.8, 4) is 0 Å². The van der Waals surface area contributed by atoms with E-state index in [4.69, 9.17) is 14.5 Å². The van der Waals surface area contributed by atoms with Gasteiger partial charge in [-0.25, -0.2) is 9.78 Å². The lowest BCUT2D eigenvalue weighted by Gasteiger charge is -2.39. The standard InChI is InChI=1S/C20H24N4O4/c1-13-19(25)23(2)16-8-9-17(22-18(16)24(13)10-11-27-3)21-15-7-5-6-14(12-15)20(26)28-4/h5-9,12-13H,10-11H2,1-4H3,(H,21,22)/t13-/m1/s1. The van der Waals surface area contributed by atoms with Crippen molar-refractivity contribution >= 4 is 34.9 Å². The number of methoxy groups -OCH3 is 2. The second kappa shape index (κ2) is 8.26. The first-order chi connectivity index (χ1) is 13.5. The topological polar surface area (TPSA) is 84.0 Å². The van der Waals surface area contributed by atoms with Crippen molar-refractivity contribution in [3.63, 3.8) is 0 Å². The average Bonchev–Trinajstić information content (AvgIpc) is 2.71. The summed E-state index contributed by atoms with van der Waals surface area (Å²) in [6.07, 6.45) is 0. The molecule has 2 aromatic rings. The van der Waals surface area contributed by atoms with Crippen LogP contribution in [0.2, 0.25) is 0 Å². The number of ether oxygens (including phenoxy) is 2. The molecule has 28 heavy (non-hydrogen) atoms. The lowest BCUT2D eigenvalue weighted by molar-refractivity contribution is -0.119. The molecule has 0 saturated carbocycles. The number of nitrogens with one attached hydrogen (secondary N) is 1. The number of benzene rings is 1. The molecule has 2 heterocycles. The van der Waals surface area contributed by atoms with Gasteiger partial charge >= 0.3 is 5.97 Å². The van der Waals surface area contributed by atoms with Crippen molar-refractivity contribution < 1.29 is 19.1 Å². The number of nitrogens with zero attached hydrogens (tertiary/aromatic N) is 3. The fourth-order valence-corrected chi connectivity index (χ4v) is 3.18. The highest BCUT2D eigenvalue weighted by Crippen LogP contribution is 2.35.